The van der Waals surface area contributed by atoms with Crippen LogP contribution in [0.25, 0.3) is 0 Å². The maximum absolute atomic E-state index is 12.3. The van der Waals surface area contributed by atoms with Crippen LogP contribution in [0.15, 0.2) is 0 Å². The number of carboxylic acids is 1. The summed E-state index contributed by atoms with van der Waals surface area (Å²) in [6, 6.07) is -0.650. The van der Waals surface area contributed by atoms with Crippen LogP contribution in [0, 0.1) is 5.92 Å². The molecular formula is C13H22N2O5. The lowest BCUT2D eigenvalue weighted by Crippen LogP contribution is -2.52. The summed E-state index contributed by atoms with van der Waals surface area (Å²) in [5, 5.41) is 20.9. The molecule has 2 atom stereocenters. The summed E-state index contributed by atoms with van der Waals surface area (Å²) in [5.74, 6) is -1.65. The van der Waals surface area contributed by atoms with Crippen LogP contribution in [-0.2, 0) is 9.53 Å². The van der Waals surface area contributed by atoms with Crippen LogP contribution in [0.2, 0.25) is 0 Å². The van der Waals surface area contributed by atoms with E-state index in [9.17, 15) is 9.59 Å². The molecule has 1 saturated carbocycles. The summed E-state index contributed by atoms with van der Waals surface area (Å²) in [6.45, 7) is 0.541. The van der Waals surface area contributed by atoms with E-state index in [1.807, 2.05) is 0 Å². The zero-order valence-electron chi connectivity index (χ0n) is 11.5. The molecule has 2 aliphatic rings. The number of rotatable bonds is 5. The van der Waals surface area contributed by atoms with Gasteiger partial charge < -0.3 is 25.2 Å². The van der Waals surface area contributed by atoms with Crippen molar-refractivity contribution in [1.29, 1.82) is 0 Å². The van der Waals surface area contributed by atoms with Gasteiger partial charge in [-0.3, -0.25) is 4.79 Å². The van der Waals surface area contributed by atoms with E-state index in [1.165, 1.54) is 0 Å². The Bertz CT molecular complexity index is 357. The molecular weight excluding hydrogens is 264 g/mol. The molecule has 1 aliphatic carbocycles. The first-order valence-electron chi connectivity index (χ1n) is 7.12. The second-order valence-electron chi connectivity index (χ2n) is 5.39. The standard InChI is InChI=1S/C13H22N2O5/c16-6-5-15(9-3-1-2-4-9)13(19)14-11-8-20-7-10(11)12(17)18/h9-11,16H,1-8H2,(H,14,19)(H,17,18). The Kier molecular flexibility index (Phi) is 5.19. The first kappa shape index (κ1) is 15.1. The molecule has 2 amide bonds. The van der Waals surface area contributed by atoms with Crippen molar-refractivity contribution in [2.45, 2.75) is 37.8 Å². The molecule has 2 rings (SSSR count). The van der Waals surface area contributed by atoms with Crippen LogP contribution in [0.4, 0.5) is 4.79 Å². The SMILES string of the molecule is O=C(O)C1COCC1NC(=O)N(CCO)C1CCCC1. The predicted octanol–water partition coefficient (Wildman–Crippen LogP) is 0.0325. The molecule has 2 fully saturated rings. The number of hydrogen-bond donors (Lipinski definition) is 3. The van der Waals surface area contributed by atoms with Gasteiger partial charge in [-0.05, 0) is 12.8 Å². The van der Waals surface area contributed by atoms with E-state index in [2.05, 4.69) is 5.32 Å². The first-order valence-corrected chi connectivity index (χ1v) is 7.12. The predicted molar refractivity (Wildman–Crippen MR) is 70.3 cm³/mol. The smallest absolute Gasteiger partial charge is 0.318 e. The van der Waals surface area contributed by atoms with Gasteiger partial charge in [0.25, 0.3) is 0 Å². The summed E-state index contributed by atoms with van der Waals surface area (Å²) in [6.07, 6.45) is 4.06. The summed E-state index contributed by atoms with van der Waals surface area (Å²) < 4.78 is 5.13. The fourth-order valence-electron chi connectivity index (χ4n) is 2.96. The Labute approximate surface area is 117 Å². The Hall–Kier alpha value is -1.34. The van der Waals surface area contributed by atoms with Crippen molar-refractivity contribution in [1.82, 2.24) is 10.2 Å². The number of carboxylic acid groups (broad SMARTS) is 1. The number of hydrogen-bond acceptors (Lipinski definition) is 4. The van der Waals surface area contributed by atoms with E-state index in [0.717, 1.165) is 25.7 Å². The fraction of sp³-hybridized carbons (Fsp3) is 0.846. The summed E-state index contributed by atoms with van der Waals surface area (Å²) in [5.41, 5.74) is 0. The maximum Gasteiger partial charge on any atom is 0.318 e. The molecule has 114 valence electrons. The number of nitrogens with zero attached hydrogens (tertiary/aromatic N) is 1. The third-order valence-electron chi connectivity index (χ3n) is 4.07. The van der Waals surface area contributed by atoms with Crippen LogP contribution in [0.3, 0.4) is 0 Å². The third-order valence-corrected chi connectivity index (χ3v) is 4.07. The van der Waals surface area contributed by atoms with E-state index >= 15 is 0 Å². The van der Waals surface area contributed by atoms with Crippen LogP contribution >= 0.6 is 0 Å². The average Bonchev–Trinajstić information content (AvgIpc) is 3.06. The molecule has 0 aromatic heterocycles. The van der Waals surface area contributed by atoms with Crippen LogP contribution < -0.4 is 5.32 Å². The van der Waals surface area contributed by atoms with Gasteiger partial charge in [0.05, 0.1) is 25.9 Å². The number of carbonyl (C=O) groups is 2. The van der Waals surface area contributed by atoms with E-state index in [1.54, 1.807) is 4.90 Å². The van der Waals surface area contributed by atoms with E-state index in [4.69, 9.17) is 14.9 Å². The fourth-order valence-corrected chi connectivity index (χ4v) is 2.96. The lowest BCUT2D eigenvalue weighted by molar-refractivity contribution is -0.142. The zero-order valence-corrected chi connectivity index (χ0v) is 11.5. The Morgan fingerprint density at radius 2 is 1.95 bits per heavy atom. The Morgan fingerprint density at radius 1 is 1.25 bits per heavy atom. The van der Waals surface area contributed by atoms with Crippen LogP contribution in [-0.4, -0.2) is 65.6 Å². The molecule has 0 spiro atoms. The van der Waals surface area contributed by atoms with Crippen molar-refractivity contribution in [3.05, 3.63) is 0 Å². The quantitative estimate of drug-likeness (QED) is 0.662. The lowest BCUT2D eigenvalue weighted by Gasteiger charge is -2.30. The van der Waals surface area contributed by atoms with Crippen molar-refractivity contribution in [2.24, 2.45) is 5.92 Å². The minimum absolute atomic E-state index is 0.0898. The number of nitrogens with one attached hydrogen (secondary N) is 1. The summed E-state index contributed by atoms with van der Waals surface area (Å²) in [4.78, 5) is 25.0. The van der Waals surface area contributed by atoms with Crippen molar-refractivity contribution >= 4 is 12.0 Å². The zero-order chi connectivity index (χ0) is 14.5. The molecule has 0 bridgehead atoms. The number of amides is 2. The minimum Gasteiger partial charge on any atom is -0.481 e. The highest BCUT2D eigenvalue weighted by Gasteiger charge is 2.37. The molecule has 2 unspecified atom stereocenters. The summed E-state index contributed by atoms with van der Waals surface area (Å²) >= 11 is 0. The van der Waals surface area contributed by atoms with Gasteiger partial charge in [-0.2, -0.15) is 0 Å². The number of ether oxygens (including phenoxy) is 1. The topological polar surface area (TPSA) is 99.1 Å². The molecule has 0 radical (unpaired) electrons. The van der Waals surface area contributed by atoms with Gasteiger partial charge in [0.15, 0.2) is 0 Å². The van der Waals surface area contributed by atoms with Crippen LogP contribution in [0.5, 0.6) is 0 Å². The molecule has 7 nitrogen and oxygen atoms in total. The van der Waals surface area contributed by atoms with Crippen molar-refractivity contribution in [3.63, 3.8) is 0 Å². The summed E-state index contributed by atoms with van der Waals surface area (Å²) in [7, 11) is 0. The molecule has 1 aliphatic heterocycles. The Balaban J connectivity index is 1.95. The minimum atomic E-state index is -0.956. The highest BCUT2D eigenvalue weighted by Crippen LogP contribution is 2.24. The monoisotopic (exact) mass is 286 g/mol. The second kappa shape index (κ2) is 6.90. The van der Waals surface area contributed by atoms with Crippen molar-refractivity contribution in [3.8, 4) is 0 Å². The van der Waals surface area contributed by atoms with E-state index in [0.29, 0.717) is 0 Å². The highest BCUT2D eigenvalue weighted by molar-refractivity contribution is 5.77. The molecule has 3 N–H and O–H groups in total. The molecule has 20 heavy (non-hydrogen) atoms. The van der Waals surface area contributed by atoms with E-state index in [-0.39, 0.29) is 38.4 Å². The number of aliphatic carboxylic acids is 1. The number of aliphatic hydroxyl groups excluding tert-OH is 1. The Morgan fingerprint density at radius 3 is 2.55 bits per heavy atom. The molecule has 1 heterocycles. The van der Waals surface area contributed by atoms with Gasteiger partial charge in [-0.15, -0.1) is 0 Å². The number of urea groups is 1. The average molecular weight is 286 g/mol. The van der Waals surface area contributed by atoms with Gasteiger partial charge >= 0.3 is 12.0 Å². The van der Waals surface area contributed by atoms with Gasteiger partial charge in [0, 0.05) is 12.6 Å². The molecule has 7 heteroatoms. The van der Waals surface area contributed by atoms with Crippen LogP contribution in [0.1, 0.15) is 25.7 Å². The lowest BCUT2D eigenvalue weighted by atomic mass is 10.0. The maximum atomic E-state index is 12.3. The normalized spacial score (nSPS) is 26.6. The first-order chi connectivity index (χ1) is 9.63. The van der Waals surface area contributed by atoms with Gasteiger partial charge in [-0.25, -0.2) is 4.79 Å². The van der Waals surface area contributed by atoms with E-state index < -0.39 is 17.9 Å². The van der Waals surface area contributed by atoms with Gasteiger partial charge in [-0.1, -0.05) is 12.8 Å². The van der Waals surface area contributed by atoms with Crippen molar-refractivity contribution in [2.75, 3.05) is 26.4 Å². The molecule has 1 saturated heterocycles. The highest BCUT2D eigenvalue weighted by atomic mass is 16.5. The second-order valence-corrected chi connectivity index (χ2v) is 5.39. The third kappa shape index (κ3) is 3.40. The number of aliphatic hydroxyl groups is 1. The number of carbonyl (C=O) groups excluding carboxylic acids is 1. The molecule has 0 aromatic carbocycles. The molecule has 0 aromatic rings. The van der Waals surface area contributed by atoms with Gasteiger partial charge in [0.1, 0.15) is 5.92 Å². The van der Waals surface area contributed by atoms with Gasteiger partial charge in [0.2, 0.25) is 0 Å². The largest absolute Gasteiger partial charge is 0.481 e. The van der Waals surface area contributed by atoms with Crippen molar-refractivity contribution < 1.29 is 24.5 Å².